The molecule has 0 bridgehead atoms. The maximum Gasteiger partial charge on any atom is 0.136 e. The summed E-state index contributed by atoms with van der Waals surface area (Å²) >= 11 is 0. The molecule has 0 aromatic heterocycles. The molecule has 2 saturated carbocycles. The molecule has 1 atom stereocenters. The zero-order chi connectivity index (χ0) is 12.1. The quantitative estimate of drug-likeness (QED) is 0.698. The van der Waals surface area contributed by atoms with E-state index in [0.29, 0.717) is 5.78 Å². The molecule has 1 nitrogen and oxygen atoms in total. The topological polar surface area (TPSA) is 17.1 Å². The average Bonchev–Trinajstić information content (AvgIpc) is 2.37. The molecule has 0 N–H and O–H groups in total. The van der Waals surface area contributed by atoms with E-state index < -0.39 is 0 Å². The van der Waals surface area contributed by atoms with Gasteiger partial charge in [0.2, 0.25) is 0 Å². The van der Waals surface area contributed by atoms with Crippen LogP contribution >= 0.6 is 0 Å². The Bertz CT molecular complexity index is 238. The second-order valence-corrected chi connectivity index (χ2v) is 6.14. The standard InChI is InChI=1S/C16H27O/c1-2-3-5-13-8-10-14(11-9-13)15-6-4-7-16(17)12-15/h7,13-15H,2-6,8-12H2,1H3. The van der Waals surface area contributed by atoms with Gasteiger partial charge in [0.1, 0.15) is 5.78 Å². The molecule has 1 unspecified atom stereocenters. The molecule has 0 amide bonds. The summed E-state index contributed by atoms with van der Waals surface area (Å²) in [5, 5.41) is 0. The van der Waals surface area contributed by atoms with Crippen molar-refractivity contribution in [1.29, 1.82) is 0 Å². The Morgan fingerprint density at radius 1 is 1.12 bits per heavy atom. The largest absolute Gasteiger partial charge is 0.299 e. The number of ketones is 1. The van der Waals surface area contributed by atoms with Gasteiger partial charge < -0.3 is 0 Å². The van der Waals surface area contributed by atoms with Crippen LogP contribution in [0.2, 0.25) is 0 Å². The van der Waals surface area contributed by atoms with E-state index in [-0.39, 0.29) is 0 Å². The molecule has 2 rings (SSSR count). The second-order valence-electron chi connectivity index (χ2n) is 6.14. The smallest absolute Gasteiger partial charge is 0.136 e. The molecule has 0 aliphatic heterocycles. The van der Waals surface area contributed by atoms with Crippen LogP contribution in [0.15, 0.2) is 0 Å². The van der Waals surface area contributed by atoms with Crippen molar-refractivity contribution in [2.75, 3.05) is 0 Å². The summed E-state index contributed by atoms with van der Waals surface area (Å²) in [6, 6.07) is 0. The van der Waals surface area contributed by atoms with E-state index in [1.807, 2.05) is 6.42 Å². The zero-order valence-corrected chi connectivity index (χ0v) is 11.3. The van der Waals surface area contributed by atoms with Crippen LogP contribution in [-0.2, 0) is 4.79 Å². The lowest BCUT2D eigenvalue weighted by Gasteiger charge is -2.35. The molecule has 2 aliphatic rings. The molecule has 0 spiro atoms. The van der Waals surface area contributed by atoms with Gasteiger partial charge in [-0.05, 0) is 43.4 Å². The molecule has 0 saturated heterocycles. The van der Waals surface area contributed by atoms with Crippen LogP contribution in [0.3, 0.4) is 0 Å². The van der Waals surface area contributed by atoms with Crippen LogP contribution < -0.4 is 0 Å². The van der Waals surface area contributed by atoms with Gasteiger partial charge in [-0.15, -0.1) is 0 Å². The van der Waals surface area contributed by atoms with E-state index >= 15 is 0 Å². The number of carbonyl (C=O) groups excluding carboxylic acids is 1. The highest BCUT2D eigenvalue weighted by Crippen LogP contribution is 2.40. The Morgan fingerprint density at radius 3 is 2.53 bits per heavy atom. The third-order valence-corrected chi connectivity index (χ3v) is 4.90. The Hall–Kier alpha value is -0.330. The van der Waals surface area contributed by atoms with Crippen LogP contribution in [0.1, 0.15) is 71.1 Å². The van der Waals surface area contributed by atoms with Crippen LogP contribution in [0.4, 0.5) is 0 Å². The Balaban J connectivity index is 1.72. The first-order chi connectivity index (χ1) is 8.29. The van der Waals surface area contributed by atoms with E-state index in [1.165, 1.54) is 51.4 Å². The van der Waals surface area contributed by atoms with E-state index in [4.69, 9.17) is 0 Å². The maximum absolute atomic E-state index is 11.5. The number of unbranched alkanes of at least 4 members (excludes halogenated alkanes) is 1. The molecule has 1 radical (unpaired) electrons. The lowest BCUT2D eigenvalue weighted by molar-refractivity contribution is -0.118. The molecule has 0 heterocycles. The predicted molar refractivity (Wildman–Crippen MR) is 71.6 cm³/mol. The molecule has 1 heteroatoms. The van der Waals surface area contributed by atoms with E-state index in [2.05, 4.69) is 6.92 Å². The van der Waals surface area contributed by atoms with Crippen LogP contribution in [0, 0.1) is 24.2 Å². The summed E-state index contributed by atoms with van der Waals surface area (Å²) in [6.45, 7) is 2.29. The summed E-state index contributed by atoms with van der Waals surface area (Å²) in [5.74, 6) is 3.00. The molecule has 0 aromatic carbocycles. The van der Waals surface area contributed by atoms with Gasteiger partial charge in [0, 0.05) is 12.8 Å². The van der Waals surface area contributed by atoms with Gasteiger partial charge in [-0.2, -0.15) is 0 Å². The lowest BCUT2D eigenvalue weighted by atomic mass is 9.70. The van der Waals surface area contributed by atoms with Gasteiger partial charge in [-0.1, -0.05) is 39.0 Å². The predicted octanol–water partition coefficient (Wildman–Crippen LogP) is 4.56. The fourth-order valence-electron chi connectivity index (χ4n) is 3.75. The number of rotatable bonds is 4. The third kappa shape index (κ3) is 3.82. The number of hydrogen-bond donors (Lipinski definition) is 0. The minimum atomic E-state index is 0.411. The van der Waals surface area contributed by atoms with Crippen molar-refractivity contribution in [3.8, 4) is 0 Å². The molecular weight excluding hydrogens is 208 g/mol. The van der Waals surface area contributed by atoms with Crippen molar-refractivity contribution in [3.63, 3.8) is 0 Å². The summed E-state index contributed by atoms with van der Waals surface area (Å²) in [4.78, 5) is 11.5. The van der Waals surface area contributed by atoms with Crippen molar-refractivity contribution >= 4 is 5.78 Å². The second kappa shape index (κ2) is 6.56. The zero-order valence-electron chi connectivity index (χ0n) is 11.3. The Labute approximate surface area is 106 Å². The summed E-state index contributed by atoms with van der Waals surface area (Å²) in [6.07, 6.45) is 14.9. The third-order valence-electron chi connectivity index (χ3n) is 4.90. The van der Waals surface area contributed by atoms with E-state index in [0.717, 1.165) is 30.6 Å². The highest BCUT2D eigenvalue weighted by Gasteiger charge is 2.30. The van der Waals surface area contributed by atoms with E-state index in [1.54, 1.807) is 0 Å². The fraction of sp³-hybridized carbons (Fsp3) is 0.875. The molecule has 17 heavy (non-hydrogen) atoms. The minimum absolute atomic E-state index is 0.411. The van der Waals surface area contributed by atoms with Crippen molar-refractivity contribution in [3.05, 3.63) is 6.42 Å². The van der Waals surface area contributed by atoms with Gasteiger partial charge in [-0.25, -0.2) is 0 Å². The van der Waals surface area contributed by atoms with Crippen LogP contribution in [-0.4, -0.2) is 5.78 Å². The Kier molecular flexibility index (Phi) is 5.06. The average molecular weight is 235 g/mol. The molecule has 97 valence electrons. The minimum Gasteiger partial charge on any atom is -0.299 e. The number of carbonyl (C=O) groups is 1. The van der Waals surface area contributed by atoms with Gasteiger partial charge >= 0.3 is 0 Å². The van der Waals surface area contributed by atoms with Crippen molar-refractivity contribution in [2.24, 2.45) is 17.8 Å². The van der Waals surface area contributed by atoms with Crippen molar-refractivity contribution < 1.29 is 4.79 Å². The Morgan fingerprint density at radius 2 is 1.88 bits per heavy atom. The van der Waals surface area contributed by atoms with Crippen LogP contribution in [0.5, 0.6) is 0 Å². The van der Waals surface area contributed by atoms with E-state index in [9.17, 15) is 4.79 Å². The normalized spacial score (nSPS) is 34.9. The van der Waals surface area contributed by atoms with Crippen molar-refractivity contribution in [2.45, 2.75) is 71.1 Å². The van der Waals surface area contributed by atoms with Crippen molar-refractivity contribution in [1.82, 2.24) is 0 Å². The maximum atomic E-state index is 11.5. The van der Waals surface area contributed by atoms with Gasteiger partial charge in [0.15, 0.2) is 0 Å². The first kappa shape index (κ1) is 13.1. The van der Waals surface area contributed by atoms with Gasteiger partial charge in [0.25, 0.3) is 0 Å². The lowest BCUT2D eigenvalue weighted by Crippen LogP contribution is -2.26. The summed E-state index contributed by atoms with van der Waals surface area (Å²) < 4.78 is 0. The highest BCUT2D eigenvalue weighted by atomic mass is 16.1. The monoisotopic (exact) mass is 235 g/mol. The number of hydrogen-bond acceptors (Lipinski definition) is 1. The SMILES string of the molecule is CCCCC1CCC(C2CC[CH]C(=O)C2)CC1. The molecule has 0 aromatic rings. The van der Waals surface area contributed by atoms with Crippen LogP contribution in [0.25, 0.3) is 0 Å². The molecular formula is C16H27O. The molecule has 2 aliphatic carbocycles. The molecule has 2 fully saturated rings. The van der Waals surface area contributed by atoms with Gasteiger partial charge in [0.05, 0.1) is 0 Å². The highest BCUT2D eigenvalue weighted by molar-refractivity contribution is 5.87. The summed E-state index contributed by atoms with van der Waals surface area (Å²) in [7, 11) is 0. The summed E-state index contributed by atoms with van der Waals surface area (Å²) in [5.41, 5.74) is 0. The fourth-order valence-corrected chi connectivity index (χ4v) is 3.75. The first-order valence-corrected chi connectivity index (χ1v) is 7.65. The van der Waals surface area contributed by atoms with Gasteiger partial charge in [-0.3, -0.25) is 4.79 Å². The first-order valence-electron chi connectivity index (χ1n) is 7.65. The number of Topliss-reactive ketones (excluding diaryl/α,β-unsaturated/α-hetero) is 1.